The number of hydrogen-bond acceptors (Lipinski definition) is 3. The summed E-state index contributed by atoms with van der Waals surface area (Å²) in [5.74, 6) is -0.0796. The van der Waals surface area contributed by atoms with Gasteiger partial charge in [0.1, 0.15) is 5.69 Å². The third-order valence-corrected chi connectivity index (χ3v) is 5.21. The predicted molar refractivity (Wildman–Crippen MR) is 88.5 cm³/mol. The third-order valence-electron chi connectivity index (χ3n) is 5.21. The summed E-state index contributed by atoms with van der Waals surface area (Å²) in [6.45, 7) is 0. The van der Waals surface area contributed by atoms with Crippen LogP contribution < -0.4 is 10.6 Å². The van der Waals surface area contributed by atoms with Gasteiger partial charge in [0.15, 0.2) is 0 Å². The molecule has 0 spiro atoms. The highest BCUT2D eigenvalue weighted by atomic mass is 16.2. The van der Waals surface area contributed by atoms with E-state index in [9.17, 15) is 4.79 Å². The van der Waals surface area contributed by atoms with Crippen LogP contribution in [0.5, 0.6) is 0 Å². The lowest BCUT2D eigenvalue weighted by atomic mass is 9.95. The summed E-state index contributed by atoms with van der Waals surface area (Å²) >= 11 is 0. The average Bonchev–Trinajstić information content (AvgIpc) is 3.27. The zero-order chi connectivity index (χ0) is 15.4. The van der Waals surface area contributed by atoms with Gasteiger partial charge in [0.05, 0.1) is 17.2 Å². The van der Waals surface area contributed by atoms with Crippen molar-refractivity contribution in [2.75, 3.05) is 0 Å². The van der Waals surface area contributed by atoms with Crippen molar-refractivity contribution < 1.29 is 4.79 Å². The first-order chi connectivity index (χ1) is 11.3. The van der Waals surface area contributed by atoms with E-state index in [4.69, 9.17) is 0 Å². The topological polar surface area (TPSA) is 58.4 Å². The van der Waals surface area contributed by atoms with Crippen LogP contribution >= 0.6 is 0 Å². The van der Waals surface area contributed by atoms with E-state index < -0.39 is 0 Å². The molecule has 2 bridgehead atoms. The normalized spacial score (nSPS) is 26.2. The Kier molecular flexibility index (Phi) is 2.73. The molecule has 2 saturated heterocycles. The van der Waals surface area contributed by atoms with E-state index in [1.54, 1.807) is 6.20 Å². The summed E-state index contributed by atoms with van der Waals surface area (Å²) in [5.41, 5.74) is 2.58. The quantitative estimate of drug-likeness (QED) is 0.762. The highest BCUT2D eigenvalue weighted by molar-refractivity contribution is 5.94. The molecule has 2 aliphatic heterocycles. The lowest BCUT2D eigenvalue weighted by Crippen LogP contribution is -2.43. The molecule has 0 unspecified atom stereocenters. The van der Waals surface area contributed by atoms with Gasteiger partial charge in [0, 0.05) is 29.7 Å². The molecule has 2 fully saturated rings. The van der Waals surface area contributed by atoms with E-state index in [0.717, 1.165) is 29.3 Å². The second kappa shape index (κ2) is 4.80. The maximum atomic E-state index is 12.6. The standard InChI is InChI=1S/C18H18N4O/c23-18(21-15-8-12-5-6-14(15)20-12)16-10-22-13(9-19-16)7-11-3-1-2-4-17(11)22/h1-4,7,9-10,12,14-15,20H,5-6,8H2,(H,21,23)/t12-,14+,15-/m1/s1. The minimum Gasteiger partial charge on any atom is -0.346 e. The predicted octanol–water partition coefficient (Wildman–Crippen LogP) is 2.11. The number of hydrogen-bond donors (Lipinski definition) is 2. The average molecular weight is 306 g/mol. The number of rotatable bonds is 2. The zero-order valence-corrected chi connectivity index (χ0v) is 12.7. The van der Waals surface area contributed by atoms with Crippen molar-refractivity contribution in [3.8, 4) is 0 Å². The molecule has 4 heterocycles. The van der Waals surface area contributed by atoms with E-state index in [1.807, 2.05) is 22.7 Å². The number of fused-ring (bicyclic) bond motifs is 5. The molecular formula is C18H18N4O. The van der Waals surface area contributed by atoms with E-state index >= 15 is 0 Å². The molecule has 0 radical (unpaired) electrons. The number of aromatic nitrogens is 2. The van der Waals surface area contributed by atoms with Gasteiger partial charge in [-0.15, -0.1) is 0 Å². The lowest BCUT2D eigenvalue weighted by Gasteiger charge is -2.21. The fraction of sp³-hybridized carbons (Fsp3) is 0.333. The summed E-state index contributed by atoms with van der Waals surface area (Å²) in [4.78, 5) is 16.9. The first-order valence-electron chi connectivity index (χ1n) is 8.21. The Labute approximate surface area is 133 Å². The molecule has 3 atom stereocenters. The Hall–Kier alpha value is -2.40. The van der Waals surface area contributed by atoms with Crippen LogP contribution in [-0.2, 0) is 0 Å². The van der Waals surface area contributed by atoms with E-state index in [2.05, 4.69) is 33.8 Å². The molecule has 5 heteroatoms. The van der Waals surface area contributed by atoms with E-state index in [1.165, 1.54) is 6.42 Å². The number of carbonyl (C=O) groups is 1. The minimum absolute atomic E-state index is 0.0796. The van der Waals surface area contributed by atoms with Crippen LogP contribution in [0.2, 0.25) is 0 Å². The first kappa shape index (κ1) is 13.1. The zero-order valence-electron chi connectivity index (χ0n) is 12.7. The second-order valence-corrected chi connectivity index (χ2v) is 6.63. The van der Waals surface area contributed by atoms with Crippen LogP contribution in [0.1, 0.15) is 29.8 Å². The molecule has 5 rings (SSSR count). The highest BCUT2D eigenvalue weighted by Gasteiger charge is 2.39. The maximum Gasteiger partial charge on any atom is 0.271 e. The van der Waals surface area contributed by atoms with Crippen LogP contribution in [0.25, 0.3) is 16.4 Å². The van der Waals surface area contributed by atoms with Gasteiger partial charge >= 0.3 is 0 Å². The van der Waals surface area contributed by atoms with Crippen molar-refractivity contribution in [3.05, 3.63) is 48.4 Å². The summed E-state index contributed by atoms with van der Waals surface area (Å²) in [6, 6.07) is 11.5. The molecule has 0 aliphatic carbocycles. The van der Waals surface area contributed by atoms with Crippen molar-refractivity contribution in [1.29, 1.82) is 0 Å². The third kappa shape index (κ3) is 2.04. The number of nitrogens with zero attached hydrogens (tertiary/aromatic N) is 2. The lowest BCUT2D eigenvalue weighted by molar-refractivity contribution is 0.0925. The van der Waals surface area contributed by atoms with Crippen molar-refractivity contribution >= 4 is 22.3 Å². The first-order valence-corrected chi connectivity index (χ1v) is 8.21. The van der Waals surface area contributed by atoms with Crippen LogP contribution in [0.3, 0.4) is 0 Å². The summed E-state index contributed by atoms with van der Waals surface area (Å²) in [5, 5.41) is 7.85. The summed E-state index contributed by atoms with van der Waals surface area (Å²) in [6.07, 6.45) is 7.04. The Balaban J connectivity index is 1.47. The number of nitrogens with one attached hydrogen (secondary N) is 2. The van der Waals surface area contributed by atoms with Gasteiger partial charge in [0.2, 0.25) is 0 Å². The van der Waals surface area contributed by atoms with E-state index in [0.29, 0.717) is 17.8 Å². The molecule has 0 saturated carbocycles. The van der Waals surface area contributed by atoms with Gasteiger partial charge in [-0.2, -0.15) is 0 Å². The molecule has 116 valence electrons. The number of amides is 1. The van der Waals surface area contributed by atoms with Crippen molar-refractivity contribution in [3.63, 3.8) is 0 Å². The van der Waals surface area contributed by atoms with Crippen molar-refractivity contribution in [2.45, 2.75) is 37.4 Å². The number of benzene rings is 1. The Morgan fingerprint density at radius 2 is 2.22 bits per heavy atom. The van der Waals surface area contributed by atoms with Gasteiger partial charge in [-0.25, -0.2) is 4.98 Å². The highest BCUT2D eigenvalue weighted by Crippen LogP contribution is 2.28. The second-order valence-electron chi connectivity index (χ2n) is 6.63. The van der Waals surface area contributed by atoms with Gasteiger partial charge < -0.3 is 15.0 Å². The molecule has 1 amide bonds. The molecule has 2 aromatic heterocycles. The largest absolute Gasteiger partial charge is 0.346 e. The van der Waals surface area contributed by atoms with Gasteiger partial charge in [0.25, 0.3) is 5.91 Å². The fourth-order valence-corrected chi connectivity index (χ4v) is 4.08. The van der Waals surface area contributed by atoms with Gasteiger partial charge in [-0.05, 0) is 31.4 Å². The Bertz CT molecular complexity index is 916. The van der Waals surface area contributed by atoms with Crippen molar-refractivity contribution in [2.24, 2.45) is 0 Å². The molecule has 2 aliphatic rings. The number of para-hydroxylation sites is 1. The van der Waals surface area contributed by atoms with Gasteiger partial charge in [-0.3, -0.25) is 4.79 Å². The molecular weight excluding hydrogens is 288 g/mol. The Morgan fingerprint density at radius 3 is 3.04 bits per heavy atom. The van der Waals surface area contributed by atoms with Crippen molar-refractivity contribution in [1.82, 2.24) is 20.0 Å². The van der Waals surface area contributed by atoms with Crippen LogP contribution in [-0.4, -0.2) is 33.4 Å². The molecule has 5 nitrogen and oxygen atoms in total. The Morgan fingerprint density at radius 1 is 1.30 bits per heavy atom. The van der Waals surface area contributed by atoms with Crippen LogP contribution in [0, 0.1) is 0 Å². The number of carbonyl (C=O) groups excluding carboxylic acids is 1. The van der Waals surface area contributed by atoms with Crippen LogP contribution in [0.15, 0.2) is 42.7 Å². The fourth-order valence-electron chi connectivity index (χ4n) is 4.08. The smallest absolute Gasteiger partial charge is 0.271 e. The van der Waals surface area contributed by atoms with Gasteiger partial charge in [-0.1, -0.05) is 18.2 Å². The summed E-state index contributed by atoms with van der Waals surface area (Å²) in [7, 11) is 0. The van der Waals surface area contributed by atoms with E-state index in [-0.39, 0.29) is 11.9 Å². The minimum atomic E-state index is -0.0796. The molecule has 1 aromatic carbocycles. The maximum absolute atomic E-state index is 12.6. The van der Waals surface area contributed by atoms with Crippen LogP contribution in [0.4, 0.5) is 0 Å². The molecule has 3 aromatic rings. The summed E-state index contributed by atoms with van der Waals surface area (Å²) < 4.78 is 2.04. The molecule has 23 heavy (non-hydrogen) atoms. The monoisotopic (exact) mass is 306 g/mol. The molecule has 2 N–H and O–H groups in total. The SMILES string of the molecule is O=C(N[C@@H]1C[C@H]2CC[C@@H]1N2)c1cn2c(cn1)cc1ccccc12.